The Morgan fingerprint density at radius 1 is 1.50 bits per heavy atom. The molecule has 0 saturated carbocycles. The second kappa shape index (κ2) is 4.42. The number of imidazole rings is 1. The topological polar surface area (TPSA) is 132 Å². The van der Waals surface area contributed by atoms with Crippen molar-refractivity contribution in [1.82, 2.24) is 24.5 Å². The summed E-state index contributed by atoms with van der Waals surface area (Å²) in [5.41, 5.74) is 1.19. The molecule has 10 heteroatoms. The summed E-state index contributed by atoms with van der Waals surface area (Å²) in [6.07, 6.45) is 3.83. The number of aromatic nitrogens is 4. The summed E-state index contributed by atoms with van der Waals surface area (Å²) >= 11 is 0. The lowest BCUT2D eigenvalue weighted by Crippen LogP contribution is -2.48. The Morgan fingerprint density at radius 3 is 2.95 bits per heavy atom. The Bertz CT molecular complexity index is 736. The van der Waals surface area contributed by atoms with Gasteiger partial charge in [-0.3, -0.25) is 9.89 Å². The molecule has 1 aliphatic rings. The second-order valence-corrected chi connectivity index (χ2v) is 6.26. The van der Waals surface area contributed by atoms with Gasteiger partial charge in [0, 0.05) is 12.6 Å². The van der Waals surface area contributed by atoms with E-state index in [1.165, 1.54) is 12.5 Å². The summed E-state index contributed by atoms with van der Waals surface area (Å²) in [7, 11) is -3.92. The van der Waals surface area contributed by atoms with E-state index in [2.05, 4.69) is 20.2 Å². The molecule has 0 fully saturated rings. The molecule has 2 aromatic rings. The zero-order valence-electron chi connectivity index (χ0n) is 10.1. The van der Waals surface area contributed by atoms with E-state index < -0.39 is 22.0 Å². The first kappa shape index (κ1) is 12.8. The molecule has 3 rings (SSSR count). The van der Waals surface area contributed by atoms with E-state index in [0.717, 1.165) is 10.5 Å². The van der Waals surface area contributed by atoms with Crippen LogP contribution in [0.5, 0.6) is 0 Å². The molecule has 0 radical (unpaired) electrons. The zero-order valence-corrected chi connectivity index (χ0v) is 11.0. The summed E-state index contributed by atoms with van der Waals surface area (Å²) < 4.78 is 25.9. The molecule has 1 atom stereocenters. The molecular formula is C10H11N5O4S. The van der Waals surface area contributed by atoms with Crippen LogP contribution < -0.4 is 0 Å². The molecule has 0 amide bonds. The summed E-state index contributed by atoms with van der Waals surface area (Å²) in [5.74, 6) is -1.20. The number of hydrogen-bond donors (Lipinski definition) is 3. The fourth-order valence-corrected chi connectivity index (χ4v) is 3.65. The number of carboxylic acids is 1. The number of nitrogens with zero attached hydrogens (tertiary/aromatic N) is 3. The molecule has 1 aliphatic heterocycles. The van der Waals surface area contributed by atoms with Crippen LogP contribution in [0.2, 0.25) is 0 Å². The third-order valence-electron chi connectivity index (χ3n) is 3.22. The largest absolute Gasteiger partial charge is 0.480 e. The van der Waals surface area contributed by atoms with Crippen LogP contribution in [0.4, 0.5) is 0 Å². The molecule has 0 saturated heterocycles. The van der Waals surface area contributed by atoms with Crippen molar-refractivity contribution in [2.24, 2.45) is 0 Å². The molecular weight excluding hydrogens is 286 g/mol. The summed E-state index contributed by atoms with van der Waals surface area (Å²) in [5, 5.41) is 15.3. The quantitative estimate of drug-likeness (QED) is 0.688. The Hall–Kier alpha value is -2.20. The fourth-order valence-electron chi connectivity index (χ4n) is 2.19. The van der Waals surface area contributed by atoms with Gasteiger partial charge in [-0.05, 0) is 0 Å². The maximum Gasteiger partial charge on any atom is 0.322 e. The standard InChI is InChI=1S/C10H11N5O4S/c16-10(17)9-1-7-8(12-5-11-7)4-15(9)20(18,19)6-2-13-14-3-6/h2-3,5,9H,1,4H2,(H,11,12)(H,13,14)(H,16,17). The van der Waals surface area contributed by atoms with E-state index in [-0.39, 0.29) is 17.9 Å². The molecule has 0 aliphatic carbocycles. The number of H-pyrrole nitrogens is 2. The Labute approximate surface area is 113 Å². The van der Waals surface area contributed by atoms with E-state index in [1.807, 2.05) is 0 Å². The van der Waals surface area contributed by atoms with Crippen LogP contribution in [-0.2, 0) is 27.8 Å². The molecule has 2 aromatic heterocycles. The van der Waals surface area contributed by atoms with E-state index in [9.17, 15) is 18.3 Å². The summed E-state index contributed by atoms with van der Waals surface area (Å²) in [6, 6.07) is -1.18. The number of carbonyl (C=O) groups is 1. The second-order valence-electron chi connectivity index (χ2n) is 4.37. The van der Waals surface area contributed by atoms with Crippen LogP contribution in [0.1, 0.15) is 11.4 Å². The number of rotatable bonds is 3. The molecule has 0 spiro atoms. The van der Waals surface area contributed by atoms with E-state index in [0.29, 0.717) is 11.4 Å². The van der Waals surface area contributed by atoms with Crippen molar-refractivity contribution in [2.75, 3.05) is 0 Å². The molecule has 1 unspecified atom stereocenters. The van der Waals surface area contributed by atoms with Gasteiger partial charge in [0.05, 0.1) is 30.5 Å². The normalized spacial score (nSPS) is 19.7. The van der Waals surface area contributed by atoms with Gasteiger partial charge >= 0.3 is 5.97 Å². The van der Waals surface area contributed by atoms with Crippen LogP contribution in [0.15, 0.2) is 23.6 Å². The van der Waals surface area contributed by atoms with Gasteiger partial charge in [-0.1, -0.05) is 0 Å². The van der Waals surface area contributed by atoms with Gasteiger partial charge in [0.2, 0.25) is 10.0 Å². The number of aliphatic carboxylic acids is 1. The number of aromatic amines is 2. The van der Waals surface area contributed by atoms with Crippen molar-refractivity contribution in [1.29, 1.82) is 0 Å². The monoisotopic (exact) mass is 297 g/mol. The smallest absolute Gasteiger partial charge is 0.322 e. The van der Waals surface area contributed by atoms with E-state index in [4.69, 9.17) is 0 Å². The molecule has 0 bridgehead atoms. The van der Waals surface area contributed by atoms with Crippen LogP contribution in [0, 0.1) is 0 Å². The van der Waals surface area contributed by atoms with Gasteiger partial charge in [-0.15, -0.1) is 0 Å². The minimum Gasteiger partial charge on any atom is -0.480 e. The maximum absolute atomic E-state index is 12.5. The minimum atomic E-state index is -3.92. The highest BCUT2D eigenvalue weighted by Gasteiger charge is 2.41. The van der Waals surface area contributed by atoms with Gasteiger partial charge in [0.1, 0.15) is 10.9 Å². The Kier molecular flexibility index (Phi) is 2.83. The van der Waals surface area contributed by atoms with Crippen molar-refractivity contribution in [3.63, 3.8) is 0 Å². The number of fused-ring (bicyclic) bond motifs is 1. The number of sulfonamides is 1. The first-order valence-corrected chi connectivity index (χ1v) is 7.18. The first-order chi connectivity index (χ1) is 9.50. The van der Waals surface area contributed by atoms with Crippen LogP contribution in [-0.4, -0.2) is 50.0 Å². The third-order valence-corrected chi connectivity index (χ3v) is 5.04. The zero-order chi connectivity index (χ0) is 14.3. The van der Waals surface area contributed by atoms with E-state index in [1.54, 1.807) is 0 Å². The van der Waals surface area contributed by atoms with Crippen LogP contribution in [0.3, 0.4) is 0 Å². The van der Waals surface area contributed by atoms with Crippen LogP contribution in [0.25, 0.3) is 0 Å². The first-order valence-electron chi connectivity index (χ1n) is 5.74. The molecule has 0 aromatic carbocycles. The highest BCUT2D eigenvalue weighted by molar-refractivity contribution is 7.89. The predicted molar refractivity (Wildman–Crippen MR) is 65.0 cm³/mol. The molecule has 106 valence electrons. The Morgan fingerprint density at radius 2 is 2.30 bits per heavy atom. The van der Waals surface area contributed by atoms with Gasteiger partial charge in [0.15, 0.2) is 0 Å². The summed E-state index contributed by atoms with van der Waals surface area (Å²) in [4.78, 5) is 18.1. The SMILES string of the molecule is O=C(O)C1Cc2nc[nH]c2CN1S(=O)(=O)c1cn[nH]c1. The summed E-state index contributed by atoms with van der Waals surface area (Å²) in [6.45, 7) is -0.0557. The van der Waals surface area contributed by atoms with Crippen LogP contribution >= 0.6 is 0 Å². The van der Waals surface area contributed by atoms with Gasteiger partial charge < -0.3 is 10.1 Å². The minimum absolute atomic E-state index is 0.0330. The lowest BCUT2D eigenvalue weighted by Gasteiger charge is -2.30. The number of carboxylic acid groups (broad SMARTS) is 1. The lowest BCUT2D eigenvalue weighted by atomic mass is 10.1. The highest BCUT2D eigenvalue weighted by Crippen LogP contribution is 2.27. The average Bonchev–Trinajstić information content (AvgIpc) is 3.08. The molecule has 3 heterocycles. The van der Waals surface area contributed by atoms with Crippen molar-refractivity contribution in [3.05, 3.63) is 30.1 Å². The highest BCUT2D eigenvalue weighted by atomic mass is 32.2. The fraction of sp³-hybridized carbons (Fsp3) is 0.300. The third kappa shape index (κ3) is 1.89. The van der Waals surface area contributed by atoms with Gasteiger partial charge in [0.25, 0.3) is 0 Å². The van der Waals surface area contributed by atoms with Crippen molar-refractivity contribution >= 4 is 16.0 Å². The lowest BCUT2D eigenvalue weighted by molar-refractivity contribution is -0.141. The Balaban J connectivity index is 2.05. The molecule has 9 nitrogen and oxygen atoms in total. The van der Waals surface area contributed by atoms with E-state index >= 15 is 0 Å². The predicted octanol–water partition coefficient (Wildman–Crippen LogP) is -0.667. The average molecular weight is 297 g/mol. The maximum atomic E-state index is 12.5. The van der Waals surface area contributed by atoms with Crippen molar-refractivity contribution < 1.29 is 18.3 Å². The molecule has 3 N–H and O–H groups in total. The van der Waals surface area contributed by atoms with Gasteiger partial charge in [-0.2, -0.15) is 9.40 Å². The van der Waals surface area contributed by atoms with Crippen molar-refractivity contribution in [2.45, 2.75) is 23.9 Å². The molecule has 20 heavy (non-hydrogen) atoms. The number of hydrogen-bond acceptors (Lipinski definition) is 5. The van der Waals surface area contributed by atoms with Gasteiger partial charge in [-0.25, -0.2) is 13.4 Å². The number of nitrogens with one attached hydrogen (secondary N) is 2. The van der Waals surface area contributed by atoms with Crippen molar-refractivity contribution in [3.8, 4) is 0 Å².